The molecule has 112 valence electrons. The van der Waals surface area contributed by atoms with E-state index in [0.29, 0.717) is 0 Å². The second-order valence-corrected chi connectivity index (χ2v) is 5.99. The van der Waals surface area contributed by atoms with Gasteiger partial charge >= 0.3 is 0 Å². The van der Waals surface area contributed by atoms with E-state index in [1.807, 2.05) is 13.0 Å². The van der Waals surface area contributed by atoms with Gasteiger partial charge in [0.2, 0.25) is 0 Å². The lowest BCUT2D eigenvalue weighted by molar-refractivity contribution is 0.414. The van der Waals surface area contributed by atoms with Crippen LogP contribution in [-0.2, 0) is 0 Å². The summed E-state index contributed by atoms with van der Waals surface area (Å²) in [6, 6.07) is 4.07. The zero-order valence-electron chi connectivity index (χ0n) is 12.7. The highest BCUT2D eigenvalue weighted by molar-refractivity contribution is 6.31. The minimum Gasteiger partial charge on any atom is -0.495 e. The van der Waals surface area contributed by atoms with E-state index in [1.165, 1.54) is 18.5 Å². The van der Waals surface area contributed by atoms with Crippen molar-refractivity contribution in [3.63, 3.8) is 0 Å². The topological polar surface area (TPSA) is 24.5 Å². The molecule has 0 aromatic heterocycles. The summed E-state index contributed by atoms with van der Waals surface area (Å²) in [6.07, 6.45) is 2.43. The Morgan fingerprint density at radius 3 is 2.95 bits per heavy atom. The third-order valence-corrected chi connectivity index (χ3v) is 4.35. The van der Waals surface area contributed by atoms with Crippen molar-refractivity contribution in [3.8, 4) is 5.75 Å². The van der Waals surface area contributed by atoms with Crippen LogP contribution in [0.5, 0.6) is 5.75 Å². The SMILES string of the molecule is CCCNCC1CCN(c2cc(C)c(Cl)cc2OC)C1. The molecule has 1 atom stereocenters. The summed E-state index contributed by atoms with van der Waals surface area (Å²) in [4.78, 5) is 2.42. The van der Waals surface area contributed by atoms with Gasteiger partial charge in [0.05, 0.1) is 12.8 Å². The van der Waals surface area contributed by atoms with Crippen molar-refractivity contribution in [2.45, 2.75) is 26.7 Å². The highest BCUT2D eigenvalue weighted by Gasteiger charge is 2.24. The van der Waals surface area contributed by atoms with Crippen molar-refractivity contribution in [2.24, 2.45) is 5.92 Å². The number of hydrogen-bond acceptors (Lipinski definition) is 3. The first-order chi connectivity index (χ1) is 9.65. The summed E-state index contributed by atoms with van der Waals surface area (Å²) in [5.41, 5.74) is 2.28. The summed E-state index contributed by atoms with van der Waals surface area (Å²) >= 11 is 6.18. The molecule has 0 amide bonds. The van der Waals surface area contributed by atoms with Gasteiger partial charge in [0, 0.05) is 24.2 Å². The molecule has 2 rings (SSSR count). The average Bonchev–Trinajstić information content (AvgIpc) is 2.90. The normalized spacial score (nSPS) is 18.6. The number of halogens is 1. The Bertz CT molecular complexity index is 450. The zero-order chi connectivity index (χ0) is 14.5. The van der Waals surface area contributed by atoms with Gasteiger partial charge in [-0.25, -0.2) is 0 Å². The second-order valence-electron chi connectivity index (χ2n) is 5.58. The molecule has 1 aromatic carbocycles. The molecule has 1 unspecified atom stereocenters. The number of nitrogens with one attached hydrogen (secondary N) is 1. The van der Waals surface area contributed by atoms with E-state index in [9.17, 15) is 0 Å². The van der Waals surface area contributed by atoms with Gasteiger partial charge in [0.25, 0.3) is 0 Å². The van der Waals surface area contributed by atoms with Gasteiger partial charge in [-0.3, -0.25) is 0 Å². The molecule has 1 N–H and O–H groups in total. The van der Waals surface area contributed by atoms with E-state index in [2.05, 4.69) is 23.2 Å². The van der Waals surface area contributed by atoms with Gasteiger partial charge in [-0.15, -0.1) is 0 Å². The standard InChI is InChI=1S/C16H25ClN2O/c1-4-6-18-10-13-5-7-19(11-13)15-8-12(2)14(17)9-16(15)20-3/h8-9,13,18H,4-7,10-11H2,1-3H3. The molecule has 1 aliphatic rings. The van der Waals surface area contributed by atoms with Crippen LogP contribution in [0, 0.1) is 12.8 Å². The number of ether oxygens (including phenoxy) is 1. The van der Waals surface area contributed by atoms with E-state index in [1.54, 1.807) is 7.11 Å². The maximum absolute atomic E-state index is 6.18. The summed E-state index contributed by atoms with van der Waals surface area (Å²) in [5.74, 6) is 1.60. The lowest BCUT2D eigenvalue weighted by Crippen LogP contribution is -2.27. The van der Waals surface area contributed by atoms with Crippen molar-refractivity contribution >= 4 is 17.3 Å². The molecule has 0 spiro atoms. The van der Waals surface area contributed by atoms with E-state index < -0.39 is 0 Å². The van der Waals surface area contributed by atoms with Crippen LogP contribution in [0.25, 0.3) is 0 Å². The maximum atomic E-state index is 6.18. The number of nitrogens with zero attached hydrogens (tertiary/aromatic N) is 1. The maximum Gasteiger partial charge on any atom is 0.143 e. The van der Waals surface area contributed by atoms with Crippen LogP contribution < -0.4 is 15.0 Å². The van der Waals surface area contributed by atoms with Crippen molar-refractivity contribution in [1.29, 1.82) is 0 Å². The largest absolute Gasteiger partial charge is 0.495 e. The minimum absolute atomic E-state index is 0.724. The van der Waals surface area contributed by atoms with E-state index in [4.69, 9.17) is 16.3 Å². The summed E-state index contributed by atoms with van der Waals surface area (Å²) in [7, 11) is 1.71. The molecule has 1 heterocycles. The fraction of sp³-hybridized carbons (Fsp3) is 0.625. The minimum atomic E-state index is 0.724. The van der Waals surface area contributed by atoms with Crippen LogP contribution in [-0.4, -0.2) is 33.3 Å². The third-order valence-electron chi connectivity index (χ3n) is 3.95. The molecule has 0 saturated carbocycles. The first kappa shape index (κ1) is 15.5. The molecular weight excluding hydrogens is 272 g/mol. The third kappa shape index (κ3) is 3.58. The van der Waals surface area contributed by atoms with Gasteiger partial charge in [-0.1, -0.05) is 18.5 Å². The Labute approximate surface area is 127 Å². The number of hydrogen-bond donors (Lipinski definition) is 1. The fourth-order valence-corrected chi connectivity index (χ4v) is 2.91. The molecule has 1 aliphatic heterocycles. The smallest absolute Gasteiger partial charge is 0.143 e. The molecule has 1 aromatic rings. The molecule has 1 saturated heterocycles. The number of benzene rings is 1. The van der Waals surface area contributed by atoms with Crippen LogP contribution >= 0.6 is 11.6 Å². The van der Waals surface area contributed by atoms with Crippen molar-refractivity contribution in [1.82, 2.24) is 5.32 Å². The Balaban J connectivity index is 2.04. The number of methoxy groups -OCH3 is 1. The van der Waals surface area contributed by atoms with Crippen molar-refractivity contribution < 1.29 is 4.74 Å². The molecule has 0 aliphatic carbocycles. The molecule has 0 bridgehead atoms. The fourth-order valence-electron chi connectivity index (χ4n) is 2.76. The van der Waals surface area contributed by atoms with Gasteiger partial charge in [0.15, 0.2) is 0 Å². The first-order valence-corrected chi connectivity index (χ1v) is 7.83. The highest BCUT2D eigenvalue weighted by atomic mass is 35.5. The van der Waals surface area contributed by atoms with E-state index in [0.717, 1.165) is 48.4 Å². The van der Waals surface area contributed by atoms with Crippen LogP contribution in [0.2, 0.25) is 5.02 Å². The quantitative estimate of drug-likeness (QED) is 0.813. The zero-order valence-corrected chi connectivity index (χ0v) is 13.5. The van der Waals surface area contributed by atoms with Crippen molar-refractivity contribution in [2.75, 3.05) is 38.2 Å². The molecule has 4 heteroatoms. The number of rotatable bonds is 6. The average molecular weight is 297 g/mol. The Kier molecular flexibility index (Phi) is 5.55. The van der Waals surface area contributed by atoms with Crippen LogP contribution in [0.1, 0.15) is 25.3 Å². The summed E-state index contributed by atoms with van der Waals surface area (Å²) < 4.78 is 5.49. The van der Waals surface area contributed by atoms with Crippen molar-refractivity contribution in [3.05, 3.63) is 22.7 Å². The number of aryl methyl sites for hydroxylation is 1. The van der Waals surface area contributed by atoms with Crippen LogP contribution in [0.3, 0.4) is 0 Å². The van der Waals surface area contributed by atoms with Gasteiger partial charge in [0.1, 0.15) is 5.75 Å². The lowest BCUT2D eigenvalue weighted by Gasteiger charge is -2.22. The monoisotopic (exact) mass is 296 g/mol. The predicted octanol–water partition coefficient (Wildman–Crippen LogP) is 3.48. The van der Waals surface area contributed by atoms with Gasteiger partial charge in [-0.2, -0.15) is 0 Å². The van der Waals surface area contributed by atoms with Gasteiger partial charge in [-0.05, 0) is 50.4 Å². The molecule has 0 radical (unpaired) electrons. The molecule has 3 nitrogen and oxygen atoms in total. The molecular formula is C16H25ClN2O. The van der Waals surface area contributed by atoms with E-state index in [-0.39, 0.29) is 0 Å². The lowest BCUT2D eigenvalue weighted by atomic mass is 10.1. The number of anilines is 1. The van der Waals surface area contributed by atoms with Crippen LogP contribution in [0.15, 0.2) is 12.1 Å². The highest BCUT2D eigenvalue weighted by Crippen LogP contribution is 2.36. The Morgan fingerprint density at radius 1 is 1.45 bits per heavy atom. The molecule has 20 heavy (non-hydrogen) atoms. The second kappa shape index (κ2) is 7.19. The van der Waals surface area contributed by atoms with Crippen LogP contribution in [0.4, 0.5) is 5.69 Å². The predicted molar refractivity (Wildman–Crippen MR) is 86.2 cm³/mol. The first-order valence-electron chi connectivity index (χ1n) is 7.45. The summed E-state index contributed by atoms with van der Waals surface area (Å²) in [5, 5.41) is 4.29. The Hall–Kier alpha value is -0.930. The van der Waals surface area contributed by atoms with E-state index >= 15 is 0 Å². The summed E-state index contributed by atoms with van der Waals surface area (Å²) in [6.45, 7) is 8.65. The Morgan fingerprint density at radius 2 is 2.25 bits per heavy atom. The molecule has 1 fully saturated rings. The van der Waals surface area contributed by atoms with Gasteiger partial charge < -0.3 is 15.0 Å².